The zero-order chi connectivity index (χ0) is 24.1. The number of nitrogens with one attached hydrogen (secondary N) is 2. The molecule has 0 radical (unpaired) electrons. The van der Waals surface area contributed by atoms with Crippen molar-refractivity contribution < 1.29 is 20.1 Å². The standard InChI is InChI=1S/C28H32N2O4/c1-18(29-17-27(33)22-14-23(31)16-24(32)15-22)11-19-5-4-6-20(12-19)13-28(34)30-26-10-9-21-7-2-3-8-25(21)26/h2-8,12,14-16,18,26-27,29,31-33H,9-11,13,17H2,1H3,(H,30,34). The van der Waals surface area contributed by atoms with Crippen molar-refractivity contribution in [2.45, 2.75) is 50.8 Å². The number of rotatable bonds is 9. The maximum absolute atomic E-state index is 12.7. The highest BCUT2D eigenvalue weighted by Crippen LogP contribution is 2.30. The number of hydrogen-bond acceptors (Lipinski definition) is 5. The molecule has 0 heterocycles. The second kappa shape index (κ2) is 10.7. The topological polar surface area (TPSA) is 102 Å². The van der Waals surface area contributed by atoms with Crippen molar-refractivity contribution in [1.82, 2.24) is 10.6 Å². The first-order valence-electron chi connectivity index (χ1n) is 11.8. The maximum Gasteiger partial charge on any atom is 0.224 e. The largest absolute Gasteiger partial charge is 0.508 e. The molecule has 6 nitrogen and oxygen atoms in total. The van der Waals surface area contributed by atoms with Crippen molar-refractivity contribution in [2.24, 2.45) is 0 Å². The number of benzene rings is 3. The molecular weight excluding hydrogens is 428 g/mol. The number of amides is 1. The third kappa shape index (κ3) is 6.16. The molecule has 5 N–H and O–H groups in total. The number of carbonyl (C=O) groups is 1. The summed E-state index contributed by atoms with van der Waals surface area (Å²) in [7, 11) is 0. The van der Waals surface area contributed by atoms with Crippen LogP contribution in [0.4, 0.5) is 0 Å². The van der Waals surface area contributed by atoms with Crippen LogP contribution in [0.25, 0.3) is 0 Å². The van der Waals surface area contributed by atoms with E-state index >= 15 is 0 Å². The molecule has 0 spiro atoms. The minimum atomic E-state index is -0.851. The van der Waals surface area contributed by atoms with E-state index in [1.807, 2.05) is 37.3 Å². The Morgan fingerprint density at radius 2 is 1.74 bits per heavy atom. The summed E-state index contributed by atoms with van der Waals surface area (Å²) >= 11 is 0. The molecular formula is C28H32N2O4. The molecule has 6 heteroatoms. The van der Waals surface area contributed by atoms with E-state index in [4.69, 9.17) is 0 Å². The van der Waals surface area contributed by atoms with Crippen molar-refractivity contribution >= 4 is 5.91 Å². The summed E-state index contributed by atoms with van der Waals surface area (Å²) in [6, 6.07) is 20.6. The van der Waals surface area contributed by atoms with Crippen LogP contribution in [-0.2, 0) is 24.1 Å². The molecule has 0 saturated carbocycles. The minimum Gasteiger partial charge on any atom is -0.508 e. The lowest BCUT2D eigenvalue weighted by atomic mass is 10.0. The van der Waals surface area contributed by atoms with Crippen LogP contribution in [0.2, 0.25) is 0 Å². The molecule has 34 heavy (non-hydrogen) atoms. The lowest BCUT2D eigenvalue weighted by Gasteiger charge is -2.18. The van der Waals surface area contributed by atoms with Crippen molar-refractivity contribution in [3.8, 4) is 11.5 Å². The second-order valence-electron chi connectivity index (χ2n) is 9.17. The summed E-state index contributed by atoms with van der Waals surface area (Å²) in [5.41, 5.74) is 5.09. The lowest BCUT2D eigenvalue weighted by molar-refractivity contribution is -0.121. The number of fused-ring (bicyclic) bond motifs is 1. The van der Waals surface area contributed by atoms with E-state index in [0.717, 1.165) is 30.4 Å². The van der Waals surface area contributed by atoms with Gasteiger partial charge in [0.1, 0.15) is 11.5 Å². The van der Waals surface area contributed by atoms with Crippen LogP contribution in [0.15, 0.2) is 66.7 Å². The monoisotopic (exact) mass is 460 g/mol. The highest BCUT2D eigenvalue weighted by atomic mass is 16.3. The van der Waals surface area contributed by atoms with E-state index < -0.39 is 6.10 Å². The molecule has 0 aliphatic heterocycles. The Kier molecular flexibility index (Phi) is 7.50. The van der Waals surface area contributed by atoms with E-state index in [9.17, 15) is 20.1 Å². The molecule has 4 rings (SSSR count). The number of carbonyl (C=O) groups excluding carboxylic acids is 1. The summed E-state index contributed by atoms with van der Waals surface area (Å²) in [4.78, 5) is 12.7. The average molecular weight is 461 g/mol. The molecule has 0 fully saturated rings. The number of phenolic OH excluding ortho intramolecular Hbond substituents is 2. The first-order valence-corrected chi connectivity index (χ1v) is 11.8. The Balaban J connectivity index is 1.28. The maximum atomic E-state index is 12.7. The lowest BCUT2D eigenvalue weighted by Crippen LogP contribution is -2.32. The summed E-state index contributed by atoms with van der Waals surface area (Å²) in [5, 5.41) is 36.1. The summed E-state index contributed by atoms with van der Waals surface area (Å²) in [5.74, 6) is -0.136. The van der Waals surface area contributed by atoms with Gasteiger partial charge in [-0.2, -0.15) is 0 Å². The Hall–Kier alpha value is -3.35. The van der Waals surface area contributed by atoms with Gasteiger partial charge >= 0.3 is 0 Å². The molecule has 3 atom stereocenters. The van der Waals surface area contributed by atoms with Gasteiger partial charge in [0, 0.05) is 18.7 Å². The molecule has 1 aliphatic rings. The zero-order valence-corrected chi connectivity index (χ0v) is 19.4. The smallest absolute Gasteiger partial charge is 0.224 e. The number of aliphatic hydroxyl groups is 1. The first-order chi connectivity index (χ1) is 16.4. The number of hydrogen-bond donors (Lipinski definition) is 5. The second-order valence-corrected chi connectivity index (χ2v) is 9.17. The summed E-state index contributed by atoms with van der Waals surface area (Å²) in [6.45, 7) is 2.32. The van der Waals surface area contributed by atoms with Gasteiger partial charge in [-0.25, -0.2) is 0 Å². The van der Waals surface area contributed by atoms with Gasteiger partial charge in [0.25, 0.3) is 0 Å². The van der Waals surface area contributed by atoms with Crippen LogP contribution in [0.1, 0.15) is 53.3 Å². The highest BCUT2D eigenvalue weighted by molar-refractivity contribution is 5.79. The third-order valence-corrected chi connectivity index (χ3v) is 6.34. The molecule has 3 aromatic rings. The average Bonchev–Trinajstić information content (AvgIpc) is 3.19. The molecule has 3 unspecified atom stereocenters. The van der Waals surface area contributed by atoms with Crippen molar-refractivity contribution in [1.29, 1.82) is 0 Å². The van der Waals surface area contributed by atoms with Gasteiger partial charge in [0.2, 0.25) is 5.91 Å². The predicted octanol–water partition coefficient (Wildman–Crippen LogP) is 3.70. The molecule has 1 aliphatic carbocycles. The van der Waals surface area contributed by atoms with Crippen LogP contribution < -0.4 is 10.6 Å². The number of aromatic hydroxyl groups is 2. The fourth-order valence-corrected chi connectivity index (χ4v) is 4.67. The van der Waals surface area contributed by atoms with Gasteiger partial charge in [-0.1, -0.05) is 48.5 Å². The van der Waals surface area contributed by atoms with E-state index in [1.54, 1.807) is 0 Å². The fourth-order valence-electron chi connectivity index (χ4n) is 4.67. The molecule has 0 aromatic heterocycles. The third-order valence-electron chi connectivity index (χ3n) is 6.34. The van der Waals surface area contributed by atoms with Crippen LogP contribution in [-0.4, -0.2) is 33.8 Å². The van der Waals surface area contributed by atoms with Gasteiger partial charge < -0.3 is 26.0 Å². The first kappa shape index (κ1) is 23.8. The van der Waals surface area contributed by atoms with Crippen LogP contribution in [0.3, 0.4) is 0 Å². The molecule has 0 bridgehead atoms. The van der Waals surface area contributed by atoms with Gasteiger partial charge in [0.15, 0.2) is 0 Å². The van der Waals surface area contributed by atoms with Gasteiger partial charge in [-0.05, 0) is 66.1 Å². The molecule has 3 aromatic carbocycles. The Morgan fingerprint density at radius 3 is 2.53 bits per heavy atom. The fraction of sp³-hybridized carbons (Fsp3) is 0.321. The number of aliphatic hydroxyl groups excluding tert-OH is 1. The van der Waals surface area contributed by atoms with Crippen LogP contribution in [0.5, 0.6) is 11.5 Å². The number of phenols is 2. The minimum absolute atomic E-state index is 0.0301. The Morgan fingerprint density at radius 1 is 1.00 bits per heavy atom. The van der Waals surface area contributed by atoms with E-state index in [-0.39, 0.29) is 36.0 Å². The zero-order valence-electron chi connectivity index (χ0n) is 19.4. The SMILES string of the molecule is CC(Cc1cccc(CC(=O)NC2CCc3ccccc32)c1)NCC(O)c1cc(O)cc(O)c1. The van der Waals surface area contributed by atoms with E-state index in [1.165, 1.54) is 29.3 Å². The number of aryl methyl sites for hydroxylation is 1. The van der Waals surface area contributed by atoms with Crippen molar-refractivity contribution in [3.63, 3.8) is 0 Å². The Bertz CT molecular complexity index is 1130. The summed E-state index contributed by atoms with van der Waals surface area (Å²) in [6.07, 6.45) is 2.18. The Labute approximate surface area is 200 Å². The molecule has 1 amide bonds. The quantitative estimate of drug-likeness (QED) is 0.335. The highest BCUT2D eigenvalue weighted by Gasteiger charge is 2.23. The van der Waals surface area contributed by atoms with Crippen LogP contribution in [0, 0.1) is 0 Å². The van der Waals surface area contributed by atoms with Crippen molar-refractivity contribution in [3.05, 3.63) is 94.5 Å². The van der Waals surface area contributed by atoms with Crippen LogP contribution >= 0.6 is 0 Å². The van der Waals surface area contributed by atoms with Gasteiger partial charge in [-0.15, -0.1) is 0 Å². The van der Waals surface area contributed by atoms with Gasteiger partial charge in [-0.3, -0.25) is 4.79 Å². The van der Waals surface area contributed by atoms with E-state index in [2.05, 4.69) is 28.8 Å². The van der Waals surface area contributed by atoms with E-state index in [0.29, 0.717) is 12.0 Å². The molecule has 178 valence electrons. The normalized spacial score (nSPS) is 16.6. The predicted molar refractivity (Wildman–Crippen MR) is 132 cm³/mol. The molecule has 0 saturated heterocycles. The summed E-state index contributed by atoms with van der Waals surface area (Å²) < 4.78 is 0. The van der Waals surface area contributed by atoms with Gasteiger partial charge in [0.05, 0.1) is 18.6 Å². The van der Waals surface area contributed by atoms with Crippen molar-refractivity contribution in [2.75, 3.05) is 6.54 Å².